The van der Waals surface area contributed by atoms with E-state index in [0.29, 0.717) is 5.69 Å². The lowest BCUT2D eigenvalue weighted by Crippen LogP contribution is -2.58. The number of urea groups is 1. The molecule has 1 saturated heterocycles. The van der Waals surface area contributed by atoms with Crippen molar-refractivity contribution in [3.8, 4) is 0 Å². The first-order valence-corrected chi connectivity index (χ1v) is 9.12. The van der Waals surface area contributed by atoms with Crippen molar-refractivity contribution in [1.29, 1.82) is 0 Å². The summed E-state index contributed by atoms with van der Waals surface area (Å²) in [6.45, 7) is -1.34. The SMILES string of the molecule is O=C(NCc1cccnc1)Nc1ccc(S(=O)(=O)N2CC(F)(F)C2)cc1. The van der Waals surface area contributed by atoms with Gasteiger partial charge in [0, 0.05) is 24.6 Å². The van der Waals surface area contributed by atoms with Crippen LogP contribution < -0.4 is 10.6 Å². The number of pyridine rings is 1. The molecule has 2 heterocycles. The highest BCUT2D eigenvalue weighted by Crippen LogP contribution is 2.32. The number of alkyl halides is 2. The summed E-state index contributed by atoms with van der Waals surface area (Å²) in [5.74, 6) is -2.97. The quantitative estimate of drug-likeness (QED) is 0.828. The third-order valence-corrected chi connectivity index (χ3v) is 5.55. The monoisotopic (exact) mass is 382 g/mol. The van der Waals surface area contributed by atoms with Gasteiger partial charge in [0.25, 0.3) is 5.92 Å². The molecule has 2 aromatic rings. The number of carbonyl (C=O) groups is 1. The van der Waals surface area contributed by atoms with Crippen molar-refractivity contribution in [1.82, 2.24) is 14.6 Å². The van der Waals surface area contributed by atoms with Gasteiger partial charge in [0.15, 0.2) is 0 Å². The van der Waals surface area contributed by atoms with Crippen molar-refractivity contribution in [3.63, 3.8) is 0 Å². The summed E-state index contributed by atoms with van der Waals surface area (Å²) in [4.78, 5) is 15.7. The first-order valence-electron chi connectivity index (χ1n) is 7.68. The van der Waals surface area contributed by atoms with Gasteiger partial charge in [0.1, 0.15) is 0 Å². The molecule has 3 rings (SSSR count). The fourth-order valence-electron chi connectivity index (χ4n) is 2.36. The van der Waals surface area contributed by atoms with Crippen molar-refractivity contribution < 1.29 is 22.0 Å². The number of halogens is 2. The Hall–Kier alpha value is -2.59. The van der Waals surface area contributed by atoms with E-state index in [2.05, 4.69) is 15.6 Å². The number of hydrogen-bond donors (Lipinski definition) is 2. The molecular formula is C16H16F2N4O3S. The molecule has 0 radical (unpaired) electrons. The second-order valence-corrected chi connectivity index (χ2v) is 7.76. The van der Waals surface area contributed by atoms with E-state index >= 15 is 0 Å². The van der Waals surface area contributed by atoms with E-state index in [9.17, 15) is 22.0 Å². The van der Waals surface area contributed by atoms with Crippen LogP contribution in [0.25, 0.3) is 0 Å². The number of anilines is 1. The van der Waals surface area contributed by atoms with Crippen LogP contribution in [-0.4, -0.2) is 42.8 Å². The normalized spacial score (nSPS) is 16.5. The van der Waals surface area contributed by atoms with Crippen LogP contribution in [0, 0.1) is 0 Å². The van der Waals surface area contributed by atoms with Crippen molar-refractivity contribution >= 4 is 21.7 Å². The van der Waals surface area contributed by atoms with E-state index in [1.54, 1.807) is 18.5 Å². The molecule has 0 unspecified atom stereocenters. The summed E-state index contributed by atoms with van der Waals surface area (Å²) in [6.07, 6.45) is 3.25. The second-order valence-electron chi connectivity index (χ2n) is 5.82. The lowest BCUT2D eigenvalue weighted by Gasteiger charge is -2.37. The number of benzene rings is 1. The summed E-state index contributed by atoms with van der Waals surface area (Å²) in [6, 6.07) is 8.43. The van der Waals surface area contributed by atoms with Gasteiger partial charge >= 0.3 is 6.03 Å². The molecule has 0 spiro atoms. The van der Waals surface area contributed by atoms with Crippen molar-refractivity contribution in [2.45, 2.75) is 17.4 Å². The zero-order valence-electron chi connectivity index (χ0n) is 13.5. The molecule has 2 amide bonds. The Balaban J connectivity index is 1.57. The number of aromatic nitrogens is 1. The molecule has 1 aromatic carbocycles. The van der Waals surface area contributed by atoms with Crippen LogP contribution in [0.15, 0.2) is 53.7 Å². The van der Waals surface area contributed by atoms with E-state index in [-0.39, 0.29) is 11.4 Å². The van der Waals surface area contributed by atoms with Gasteiger partial charge in [-0.2, -0.15) is 4.31 Å². The van der Waals surface area contributed by atoms with Crippen LogP contribution in [0.3, 0.4) is 0 Å². The highest BCUT2D eigenvalue weighted by atomic mass is 32.2. The summed E-state index contributed by atoms with van der Waals surface area (Å²) in [5, 5.41) is 5.20. The molecule has 1 aliphatic rings. The molecule has 138 valence electrons. The van der Waals surface area contributed by atoms with Crippen molar-refractivity contribution in [3.05, 3.63) is 54.4 Å². The summed E-state index contributed by atoms with van der Waals surface area (Å²) < 4.78 is 50.8. The molecule has 0 bridgehead atoms. The Bertz CT molecular complexity index is 881. The molecule has 0 atom stereocenters. The minimum Gasteiger partial charge on any atom is -0.334 e. The molecule has 0 aliphatic carbocycles. The largest absolute Gasteiger partial charge is 0.334 e. The number of sulfonamides is 1. The lowest BCUT2D eigenvalue weighted by molar-refractivity contribution is -0.0945. The predicted molar refractivity (Wildman–Crippen MR) is 90.2 cm³/mol. The number of carbonyl (C=O) groups excluding carboxylic acids is 1. The Morgan fingerprint density at radius 2 is 1.88 bits per heavy atom. The van der Waals surface area contributed by atoms with Crippen LogP contribution >= 0.6 is 0 Å². The van der Waals surface area contributed by atoms with Gasteiger partial charge in [0.05, 0.1) is 18.0 Å². The molecule has 7 nitrogen and oxygen atoms in total. The molecule has 10 heteroatoms. The lowest BCUT2D eigenvalue weighted by atomic mass is 10.2. The van der Waals surface area contributed by atoms with Gasteiger partial charge in [-0.1, -0.05) is 6.07 Å². The number of nitrogens with one attached hydrogen (secondary N) is 2. The topological polar surface area (TPSA) is 91.4 Å². The zero-order valence-corrected chi connectivity index (χ0v) is 14.3. The smallest absolute Gasteiger partial charge is 0.319 e. The summed E-state index contributed by atoms with van der Waals surface area (Å²) in [5.41, 5.74) is 1.21. The van der Waals surface area contributed by atoms with Gasteiger partial charge in [-0.25, -0.2) is 22.0 Å². The van der Waals surface area contributed by atoms with Gasteiger partial charge in [-0.3, -0.25) is 4.98 Å². The first-order chi connectivity index (χ1) is 12.3. The van der Waals surface area contributed by atoms with Crippen LogP contribution in [-0.2, 0) is 16.6 Å². The van der Waals surface area contributed by atoms with Crippen LogP contribution in [0.1, 0.15) is 5.56 Å². The molecule has 1 aliphatic heterocycles. The predicted octanol–water partition coefficient (Wildman–Crippen LogP) is 2.04. The highest BCUT2D eigenvalue weighted by molar-refractivity contribution is 7.89. The Morgan fingerprint density at radius 3 is 2.46 bits per heavy atom. The first kappa shape index (κ1) is 18.2. The fraction of sp³-hybridized carbons (Fsp3) is 0.250. The van der Waals surface area contributed by atoms with Gasteiger partial charge < -0.3 is 10.6 Å². The highest BCUT2D eigenvalue weighted by Gasteiger charge is 2.49. The standard InChI is InChI=1S/C16H16F2N4O3S/c17-16(18)10-22(11-16)26(24,25)14-5-3-13(4-6-14)21-15(23)20-9-12-2-1-7-19-8-12/h1-8H,9-11H2,(H2,20,21,23). The van der Waals surface area contributed by atoms with E-state index in [1.165, 1.54) is 24.3 Å². The van der Waals surface area contributed by atoms with E-state index in [4.69, 9.17) is 0 Å². The number of amides is 2. The minimum atomic E-state index is -3.95. The third-order valence-electron chi connectivity index (χ3n) is 3.74. The Morgan fingerprint density at radius 1 is 1.19 bits per heavy atom. The van der Waals surface area contributed by atoms with E-state index in [0.717, 1.165) is 9.87 Å². The number of nitrogens with zero attached hydrogens (tertiary/aromatic N) is 2. The molecule has 0 saturated carbocycles. The second kappa shape index (κ2) is 6.96. The molecule has 26 heavy (non-hydrogen) atoms. The molecular weight excluding hydrogens is 366 g/mol. The Labute approximate surface area is 149 Å². The number of hydrogen-bond acceptors (Lipinski definition) is 4. The van der Waals surface area contributed by atoms with E-state index in [1.807, 2.05) is 6.07 Å². The maximum absolute atomic E-state index is 12.9. The van der Waals surface area contributed by atoms with Crippen molar-refractivity contribution in [2.75, 3.05) is 18.4 Å². The minimum absolute atomic E-state index is 0.102. The molecule has 2 N–H and O–H groups in total. The summed E-state index contributed by atoms with van der Waals surface area (Å²) in [7, 11) is -3.95. The zero-order chi connectivity index (χ0) is 18.8. The van der Waals surface area contributed by atoms with E-state index < -0.39 is 35.1 Å². The third kappa shape index (κ3) is 4.14. The Kier molecular flexibility index (Phi) is 4.88. The van der Waals surface area contributed by atoms with Crippen LogP contribution in [0.5, 0.6) is 0 Å². The summed E-state index contributed by atoms with van der Waals surface area (Å²) >= 11 is 0. The average molecular weight is 382 g/mol. The van der Waals surface area contributed by atoms with Crippen molar-refractivity contribution in [2.24, 2.45) is 0 Å². The number of rotatable bonds is 5. The average Bonchev–Trinajstić information content (AvgIpc) is 2.59. The van der Waals surface area contributed by atoms with Gasteiger partial charge in [-0.15, -0.1) is 0 Å². The van der Waals surface area contributed by atoms with Gasteiger partial charge in [0.2, 0.25) is 10.0 Å². The maximum atomic E-state index is 12.9. The fourth-order valence-corrected chi connectivity index (χ4v) is 3.86. The van der Waals surface area contributed by atoms with Gasteiger partial charge in [-0.05, 0) is 35.9 Å². The van der Waals surface area contributed by atoms with Crippen LogP contribution in [0.4, 0.5) is 19.3 Å². The molecule has 1 fully saturated rings. The van der Waals surface area contributed by atoms with Crippen LogP contribution in [0.2, 0.25) is 0 Å². The molecule has 1 aromatic heterocycles. The maximum Gasteiger partial charge on any atom is 0.319 e.